The van der Waals surface area contributed by atoms with Crippen LogP contribution in [0.3, 0.4) is 0 Å². The van der Waals surface area contributed by atoms with E-state index in [4.69, 9.17) is 0 Å². The molecule has 2 aromatic carbocycles. The van der Waals surface area contributed by atoms with Gasteiger partial charge in [0.1, 0.15) is 5.82 Å². The SMILES string of the molecule is CCc1nsc(NC(c2ccccc2)c2ccccc2)n1. The summed E-state index contributed by atoms with van der Waals surface area (Å²) in [6, 6.07) is 20.9. The van der Waals surface area contributed by atoms with Crippen molar-refractivity contribution >= 4 is 16.7 Å². The predicted octanol–water partition coefficient (Wildman–Crippen LogP) is 4.30. The van der Waals surface area contributed by atoms with Gasteiger partial charge in [-0.2, -0.15) is 4.37 Å². The highest BCUT2D eigenvalue weighted by atomic mass is 32.1. The molecule has 1 aromatic heterocycles. The fraction of sp³-hybridized carbons (Fsp3) is 0.176. The third-order valence-electron chi connectivity index (χ3n) is 3.32. The molecule has 0 spiro atoms. The molecule has 0 atom stereocenters. The molecule has 0 amide bonds. The highest BCUT2D eigenvalue weighted by Gasteiger charge is 2.15. The van der Waals surface area contributed by atoms with E-state index in [0.717, 1.165) is 17.4 Å². The summed E-state index contributed by atoms with van der Waals surface area (Å²) >= 11 is 1.42. The molecule has 3 rings (SSSR count). The lowest BCUT2D eigenvalue weighted by atomic mass is 9.99. The second-order valence-electron chi connectivity index (χ2n) is 4.77. The van der Waals surface area contributed by atoms with E-state index in [1.54, 1.807) is 0 Å². The largest absolute Gasteiger partial charge is 0.349 e. The van der Waals surface area contributed by atoms with Crippen LogP contribution in [0.15, 0.2) is 60.7 Å². The van der Waals surface area contributed by atoms with Gasteiger partial charge in [-0.25, -0.2) is 4.98 Å². The minimum Gasteiger partial charge on any atom is -0.349 e. The molecule has 106 valence electrons. The number of nitrogens with one attached hydrogen (secondary N) is 1. The number of hydrogen-bond donors (Lipinski definition) is 1. The Morgan fingerprint density at radius 3 is 2.00 bits per heavy atom. The fourth-order valence-corrected chi connectivity index (χ4v) is 2.91. The first-order chi connectivity index (χ1) is 10.4. The van der Waals surface area contributed by atoms with Crippen LogP contribution < -0.4 is 5.32 Å². The van der Waals surface area contributed by atoms with Crippen molar-refractivity contribution < 1.29 is 0 Å². The maximum atomic E-state index is 4.52. The molecule has 0 aliphatic heterocycles. The third-order valence-corrected chi connectivity index (χ3v) is 4.00. The van der Waals surface area contributed by atoms with Crippen LogP contribution in [0.4, 0.5) is 5.13 Å². The van der Waals surface area contributed by atoms with Gasteiger partial charge >= 0.3 is 0 Å². The first-order valence-electron chi connectivity index (χ1n) is 7.06. The molecule has 0 aliphatic rings. The standard InChI is InChI=1S/C17H17N3S/c1-2-15-18-17(21-20-15)19-16(13-9-5-3-6-10-13)14-11-7-4-8-12-14/h3-12,16H,2H2,1H3,(H,18,19,20). The summed E-state index contributed by atoms with van der Waals surface area (Å²) in [4.78, 5) is 4.52. The van der Waals surface area contributed by atoms with Crippen molar-refractivity contribution in [3.63, 3.8) is 0 Å². The third kappa shape index (κ3) is 3.28. The van der Waals surface area contributed by atoms with Crippen molar-refractivity contribution in [2.75, 3.05) is 5.32 Å². The average molecular weight is 295 g/mol. The Morgan fingerprint density at radius 1 is 0.952 bits per heavy atom. The van der Waals surface area contributed by atoms with Gasteiger partial charge in [-0.05, 0) is 11.1 Å². The maximum absolute atomic E-state index is 4.52. The summed E-state index contributed by atoms with van der Waals surface area (Å²) in [5.74, 6) is 0.891. The zero-order chi connectivity index (χ0) is 14.5. The monoisotopic (exact) mass is 295 g/mol. The zero-order valence-electron chi connectivity index (χ0n) is 11.9. The molecule has 0 radical (unpaired) electrons. The van der Waals surface area contributed by atoms with Crippen molar-refractivity contribution in [3.05, 3.63) is 77.6 Å². The molecule has 3 aromatic rings. The van der Waals surface area contributed by atoms with E-state index in [1.165, 1.54) is 22.7 Å². The molecule has 1 heterocycles. The molecule has 3 nitrogen and oxygen atoms in total. The van der Waals surface area contributed by atoms with Gasteiger partial charge in [-0.3, -0.25) is 0 Å². The Hall–Kier alpha value is -2.20. The number of anilines is 1. The molecule has 0 saturated carbocycles. The second kappa shape index (κ2) is 6.50. The summed E-state index contributed by atoms with van der Waals surface area (Å²) in [6.07, 6.45) is 0.861. The quantitative estimate of drug-likeness (QED) is 0.762. The van der Waals surface area contributed by atoms with Gasteiger partial charge in [0.25, 0.3) is 0 Å². The van der Waals surface area contributed by atoms with E-state index in [1.807, 2.05) is 12.1 Å². The number of rotatable bonds is 5. The van der Waals surface area contributed by atoms with Crippen LogP contribution in [0.1, 0.15) is 29.9 Å². The molecule has 1 N–H and O–H groups in total. The highest BCUT2D eigenvalue weighted by molar-refractivity contribution is 7.09. The second-order valence-corrected chi connectivity index (χ2v) is 5.52. The summed E-state index contributed by atoms with van der Waals surface area (Å²) in [7, 11) is 0. The van der Waals surface area contributed by atoms with E-state index < -0.39 is 0 Å². The first kappa shape index (κ1) is 13.8. The van der Waals surface area contributed by atoms with E-state index in [-0.39, 0.29) is 6.04 Å². The van der Waals surface area contributed by atoms with Gasteiger partial charge in [-0.1, -0.05) is 67.6 Å². The summed E-state index contributed by atoms with van der Waals surface area (Å²) in [6.45, 7) is 2.07. The minimum atomic E-state index is 0.0880. The maximum Gasteiger partial charge on any atom is 0.203 e. The van der Waals surface area contributed by atoms with Crippen LogP contribution in [0.25, 0.3) is 0 Å². The molecule has 0 aliphatic carbocycles. The van der Waals surface area contributed by atoms with Crippen LogP contribution in [-0.4, -0.2) is 9.36 Å². The van der Waals surface area contributed by atoms with E-state index >= 15 is 0 Å². The molecular formula is C17H17N3S. The Kier molecular flexibility index (Phi) is 4.26. The fourth-order valence-electron chi connectivity index (χ4n) is 2.23. The topological polar surface area (TPSA) is 37.8 Å². The van der Waals surface area contributed by atoms with Gasteiger partial charge in [0.2, 0.25) is 5.13 Å². The van der Waals surface area contributed by atoms with Gasteiger partial charge in [0, 0.05) is 18.0 Å². The van der Waals surface area contributed by atoms with Crippen LogP contribution >= 0.6 is 11.5 Å². The Labute approximate surface area is 128 Å². The Balaban J connectivity index is 1.93. The number of aryl methyl sites for hydroxylation is 1. The Bertz CT molecular complexity index is 640. The molecule has 4 heteroatoms. The molecule has 21 heavy (non-hydrogen) atoms. The molecule has 0 bridgehead atoms. The van der Waals surface area contributed by atoms with Crippen molar-refractivity contribution in [1.82, 2.24) is 9.36 Å². The summed E-state index contributed by atoms with van der Waals surface area (Å²) in [5, 5.41) is 4.38. The van der Waals surface area contributed by atoms with Crippen molar-refractivity contribution in [2.45, 2.75) is 19.4 Å². The number of hydrogen-bond acceptors (Lipinski definition) is 4. The van der Waals surface area contributed by atoms with E-state index in [9.17, 15) is 0 Å². The van der Waals surface area contributed by atoms with E-state index in [0.29, 0.717) is 0 Å². The van der Waals surface area contributed by atoms with Gasteiger partial charge in [0.15, 0.2) is 0 Å². The smallest absolute Gasteiger partial charge is 0.203 e. The average Bonchev–Trinajstić information content (AvgIpc) is 3.02. The summed E-state index contributed by atoms with van der Waals surface area (Å²) < 4.78 is 4.34. The van der Waals surface area contributed by atoms with Crippen molar-refractivity contribution in [2.24, 2.45) is 0 Å². The minimum absolute atomic E-state index is 0.0880. The van der Waals surface area contributed by atoms with Crippen LogP contribution in [0.2, 0.25) is 0 Å². The normalized spacial score (nSPS) is 10.8. The van der Waals surface area contributed by atoms with E-state index in [2.05, 4.69) is 70.1 Å². The van der Waals surface area contributed by atoms with Gasteiger partial charge in [0.05, 0.1) is 6.04 Å². The lowest BCUT2D eigenvalue weighted by Crippen LogP contribution is -2.12. The molecule has 0 saturated heterocycles. The lowest BCUT2D eigenvalue weighted by molar-refractivity contribution is 0.924. The Morgan fingerprint density at radius 2 is 1.52 bits per heavy atom. The number of nitrogens with zero attached hydrogens (tertiary/aromatic N) is 2. The first-order valence-corrected chi connectivity index (χ1v) is 7.83. The van der Waals surface area contributed by atoms with Gasteiger partial charge in [-0.15, -0.1) is 0 Å². The molecular weight excluding hydrogens is 278 g/mol. The van der Waals surface area contributed by atoms with Gasteiger partial charge < -0.3 is 5.32 Å². The van der Waals surface area contributed by atoms with Crippen molar-refractivity contribution in [3.8, 4) is 0 Å². The molecule has 0 fully saturated rings. The van der Waals surface area contributed by atoms with Crippen molar-refractivity contribution in [1.29, 1.82) is 0 Å². The van der Waals surface area contributed by atoms with Crippen LogP contribution in [-0.2, 0) is 6.42 Å². The number of aromatic nitrogens is 2. The lowest BCUT2D eigenvalue weighted by Gasteiger charge is -2.19. The van der Waals surface area contributed by atoms with Crippen LogP contribution in [0.5, 0.6) is 0 Å². The zero-order valence-corrected chi connectivity index (χ0v) is 12.7. The number of benzene rings is 2. The highest BCUT2D eigenvalue weighted by Crippen LogP contribution is 2.27. The predicted molar refractivity (Wildman–Crippen MR) is 87.6 cm³/mol. The molecule has 0 unspecified atom stereocenters. The van der Waals surface area contributed by atoms with Crippen LogP contribution in [0, 0.1) is 0 Å². The summed E-state index contributed by atoms with van der Waals surface area (Å²) in [5.41, 5.74) is 2.44.